The molecule has 7 nitrogen and oxygen atoms in total. The Kier molecular flexibility index (Phi) is 5.34. The summed E-state index contributed by atoms with van der Waals surface area (Å²) in [7, 11) is 0. The molecule has 0 aliphatic rings. The Morgan fingerprint density at radius 2 is 1.57 bits per heavy atom. The minimum atomic E-state index is -0.281. The van der Waals surface area contributed by atoms with Crippen molar-refractivity contribution in [3.63, 3.8) is 0 Å². The van der Waals surface area contributed by atoms with E-state index in [1.165, 1.54) is 6.92 Å². The lowest BCUT2D eigenvalue weighted by molar-refractivity contribution is -0.114. The summed E-state index contributed by atoms with van der Waals surface area (Å²) in [5, 5.41) is 9.77. The molecular formula is C23H19N5O2. The smallest absolute Gasteiger partial charge is 0.255 e. The molecule has 2 aromatic heterocycles. The molecule has 0 unspecified atom stereocenters. The van der Waals surface area contributed by atoms with E-state index in [0.717, 1.165) is 16.6 Å². The Morgan fingerprint density at radius 3 is 2.40 bits per heavy atom. The average Bonchev–Trinajstić information content (AvgIpc) is 2.74. The summed E-state index contributed by atoms with van der Waals surface area (Å²) in [6.07, 6.45) is 3.31. The number of amides is 2. The van der Waals surface area contributed by atoms with Crippen molar-refractivity contribution in [3.8, 4) is 0 Å². The fraction of sp³-hybridized carbons (Fsp3) is 0.0435. The van der Waals surface area contributed by atoms with E-state index < -0.39 is 0 Å². The molecule has 0 aliphatic heterocycles. The van der Waals surface area contributed by atoms with Crippen LogP contribution in [0.4, 0.5) is 22.9 Å². The molecule has 0 bridgehead atoms. The number of anilines is 4. The number of nitrogens with one attached hydrogen (secondary N) is 3. The molecule has 0 fully saturated rings. The molecule has 2 aromatic carbocycles. The van der Waals surface area contributed by atoms with Crippen LogP contribution in [0, 0.1) is 0 Å². The van der Waals surface area contributed by atoms with Crippen LogP contribution >= 0.6 is 0 Å². The first-order chi connectivity index (χ1) is 14.6. The maximum Gasteiger partial charge on any atom is 0.255 e. The third-order valence-electron chi connectivity index (χ3n) is 4.36. The molecule has 2 heterocycles. The highest BCUT2D eigenvalue weighted by Gasteiger charge is 2.10. The first kappa shape index (κ1) is 19.1. The van der Waals surface area contributed by atoms with E-state index >= 15 is 0 Å². The van der Waals surface area contributed by atoms with Crippen molar-refractivity contribution in [1.29, 1.82) is 0 Å². The fourth-order valence-electron chi connectivity index (χ4n) is 3.06. The number of benzene rings is 2. The van der Waals surface area contributed by atoms with Gasteiger partial charge in [0, 0.05) is 41.6 Å². The summed E-state index contributed by atoms with van der Waals surface area (Å²) in [6.45, 7) is 1.43. The van der Waals surface area contributed by atoms with Gasteiger partial charge in [-0.1, -0.05) is 24.3 Å². The maximum atomic E-state index is 12.7. The van der Waals surface area contributed by atoms with Gasteiger partial charge in [-0.3, -0.25) is 14.6 Å². The first-order valence-electron chi connectivity index (χ1n) is 9.34. The van der Waals surface area contributed by atoms with Gasteiger partial charge in [0.2, 0.25) is 5.91 Å². The molecule has 0 atom stereocenters. The Hall–Kier alpha value is -4.26. The van der Waals surface area contributed by atoms with Crippen molar-refractivity contribution in [3.05, 3.63) is 84.7 Å². The zero-order chi connectivity index (χ0) is 20.9. The largest absolute Gasteiger partial charge is 0.338 e. The van der Waals surface area contributed by atoms with E-state index in [1.807, 2.05) is 30.3 Å². The Labute approximate surface area is 173 Å². The van der Waals surface area contributed by atoms with Crippen LogP contribution in [0.3, 0.4) is 0 Å². The van der Waals surface area contributed by atoms with Gasteiger partial charge in [-0.15, -0.1) is 0 Å². The highest BCUT2D eigenvalue weighted by Crippen LogP contribution is 2.24. The van der Waals surface area contributed by atoms with Crippen molar-refractivity contribution in [1.82, 2.24) is 9.97 Å². The number of nitrogens with zero attached hydrogens (tertiary/aromatic N) is 2. The van der Waals surface area contributed by atoms with Crippen LogP contribution in [-0.2, 0) is 4.79 Å². The number of hydrogen-bond donors (Lipinski definition) is 3. The fourth-order valence-corrected chi connectivity index (χ4v) is 3.06. The van der Waals surface area contributed by atoms with Crippen molar-refractivity contribution < 1.29 is 9.59 Å². The Morgan fingerprint density at radius 1 is 0.800 bits per heavy atom. The van der Waals surface area contributed by atoms with E-state index in [1.54, 1.807) is 48.8 Å². The van der Waals surface area contributed by atoms with Crippen molar-refractivity contribution in [2.45, 2.75) is 6.92 Å². The zero-order valence-electron chi connectivity index (χ0n) is 16.2. The van der Waals surface area contributed by atoms with Crippen LogP contribution < -0.4 is 16.0 Å². The first-order valence-corrected chi connectivity index (χ1v) is 9.34. The lowest BCUT2D eigenvalue weighted by atomic mass is 10.2. The summed E-state index contributed by atoms with van der Waals surface area (Å²) in [6, 6.07) is 20.0. The van der Waals surface area contributed by atoms with Crippen LogP contribution in [0.5, 0.6) is 0 Å². The second kappa shape index (κ2) is 8.40. The minimum absolute atomic E-state index is 0.175. The van der Waals surface area contributed by atoms with E-state index in [0.29, 0.717) is 22.8 Å². The molecule has 4 aromatic rings. The van der Waals surface area contributed by atoms with Crippen LogP contribution in [0.15, 0.2) is 79.1 Å². The van der Waals surface area contributed by atoms with Crippen LogP contribution in [-0.4, -0.2) is 21.8 Å². The van der Waals surface area contributed by atoms with Gasteiger partial charge < -0.3 is 16.0 Å². The molecular weight excluding hydrogens is 378 g/mol. The molecule has 0 saturated heterocycles. The number of carbonyl (C=O) groups is 2. The molecule has 0 aliphatic carbocycles. The summed E-state index contributed by atoms with van der Waals surface area (Å²) in [4.78, 5) is 32.7. The number of rotatable bonds is 5. The molecule has 0 saturated carbocycles. The third kappa shape index (κ3) is 4.41. The van der Waals surface area contributed by atoms with Crippen molar-refractivity contribution >= 4 is 45.6 Å². The number of para-hydroxylation sites is 1. The van der Waals surface area contributed by atoms with Crippen LogP contribution in [0.1, 0.15) is 17.3 Å². The van der Waals surface area contributed by atoms with Gasteiger partial charge in [-0.05, 0) is 42.5 Å². The van der Waals surface area contributed by atoms with Crippen LogP contribution in [0.25, 0.3) is 10.9 Å². The van der Waals surface area contributed by atoms with Gasteiger partial charge in [0.1, 0.15) is 5.82 Å². The zero-order valence-corrected chi connectivity index (χ0v) is 16.2. The molecule has 2 amide bonds. The van der Waals surface area contributed by atoms with Gasteiger partial charge in [-0.2, -0.15) is 0 Å². The SMILES string of the molecule is CC(=O)Nc1cccc(NC(=O)c2ccnc(Nc3cccc4cccnc34)c2)c1. The van der Waals surface area contributed by atoms with Gasteiger partial charge in [0.25, 0.3) is 5.91 Å². The van der Waals surface area contributed by atoms with E-state index in [-0.39, 0.29) is 11.8 Å². The topological polar surface area (TPSA) is 96.0 Å². The number of pyridine rings is 2. The molecule has 4 rings (SSSR count). The number of carbonyl (C=O) groups excluding carboxylic acids is 2. The van der Waals surface area contributed by atoms with E-state index in [2.05, 4.69) is 25.9 Å². The van der Waals surface area contributed by atoms with E-state index in [9.17, 15) is 9.59 Å². The van der Waals surface area contributed by atoms with Crippen LogP contribution in [0.2, 0.25) is 0 Å². The molecule has 30 heavy (non-hydrogen) atoms. The maximum absolute atomic E-state index is 12.7. The highest BCUT2D eigenvalue weighted by atomic mass is 16.2. The molecule has 0 radical (unpaired) electrons. The Bertz CT molecular complexity index is 1230. The molecule has 148 valence electrons. The summed E-state index contributed by atoms with van der Waals surface area (Å²) in [5.74, 6) is 0.0792. The van der Waals surface area contributed by atoms with Gasteiger partial charge >= 0.3 is 0 Å². The molecule has 3 N–H and O–H groups in total. The predicted molar refractivity (Wildman–Crippen MR) is 118 cm³/mol. The van der Waals surface area contributed by atoms with Crippen molar-refractivity contribution in [2.24, 2.45) is 0 Å². The normalized spacial score (nSPS) is 10.4. The average molecular weight is 397 g/mol. The molecule has 0 spiro atoms. The minimum Gasteiger partial charge on any atom is -0.338 e. The summed E-state index contributed by atoms with van der Waals surface area (Å²) >= 11 is 0. The Balaban J connectivity index is 1.53. The lowest BCUT2D eigenvalue weighted by Gasteiger charge is -2.10. The van der Waals surface area contributed by atoms with E-state index in [4.69, 9.17) is 0 Å². The van der Waals surface area contributed by atoms with Crippen molar-refractivity contribution in [2.75, 3.05) is 16.0 Å². The second-order valence-electron chi connectivity index (χ2n) is 6.65. The number of hydrogen-bond acceptors (Lipinski definition) is 5. The predicted octanol–water partition coefficient (Wildman–Crippen LogP) is 4.58. The van der Waals surface area contributed by atoms with Gasteiger partial charge in [-0.25, -0.2) is 4.98 Å². The summed E-state index contributed by atoms with van der Waals surface area (Å²) < 4.78 is 0. The monoisotopic (exact) mass is 397 g/mol. The number of fused-ring (bicyclic) bond motifs is 1. The highest BCUT2D eigenvalue weighted by molar-refractivity contribution is 6.05. The quantitative estimate of drug-likeness (QED) is 0.458. The lowest BCUT2D eigenvalue weighted by Crippen LogP contribution is -2.13. The molecule has 7 heteroatoms. The second-order valence-corrected chi connectivity index (χ2v) is 6.65. The number of aromatic nitrogens is 2. The van der Waals surface area contributed by atoms with Gasteiger partial charge in [0.05, 0.1) is 11.2 Å². The standard InChI is InChI=1S/C23H19N5O2/c1-15(29)26-18-7-3-8-19(14-18)27-23(30)17-10-12-24-21(13-17)28-20-9-2-5-16-6-4-11-25-22(16)20/h2-14H,1H3,(H,24,28)(H,26,29)(H,27,30). The third-order valence-corrected chi connectivity index (χ3v) is 4.36. The van der Waals surface area contributed by atoms with Gasteiger partial charge in [0.15, 0.2) is 0 Å². The summed E-state index contributed by atoms with van der Waals surface area (Å²) in [5.41, 5.74) is 3.27.